The van der Waals surface area contributed by atoms with Crippen LogP contribution in [0.4, 0.5) is 5.69 Å². The number of amides is 3. The molecule has 180 valence electrons. The van der Waals surface area contributed by atoms with Crippen molar-refractivity contribution in [2.24, 2.45) is 17.8 Å². The van der Waals surface area contributed by atoms with Crippen molar-refractivity contribution in [1.82, 2.24) is 10.2 Å². The molecule has 6 atom stereocenters. The molecular weight excluding hydrogens is 446 g/mol. The number of nitrogens with zero attached hydrogens (tertiary/aromatic N) is 1. The first kappa shape index (κ1) is 24.0. The van der Waals surface area contributed by atoms with Crippen molar-refractivity contribution in [2.45, 2.75) is 63.3 Å². The summed E-state index contributed by atoms with van der Waals surface area (Å²) >= 11 is 6.27. The van der Waals surface area contributed by atoms with Crippen LogP contribution in [-0.4, -0.2) is 64.7 Å². The van der Waals surface area contributed by atoms with Gasteiger partial charge in [-0.2, -0.15) is 0 Å². The smallest absolute Gasteiger partial charge is 0.250 e. The molecule has 3 aliphatic rings. The van der Waals surface area contributed by atoms with Gasteiger partial charge >= 0.3 is 0 Å². The number of likely N-dealkylation sites (tertiary alicyclic amines) is 1. The summed E-state index contributed by atoms with van der Waals surface area (Å²) in [5.74, 6) is -2.32. The average molecular weight is 478 g/mol. The van der Waals surface area contributed by atoms with Crippen LogP contribution in [0.3, 0.4) is 0 Å². The molecule has 2 bridgehead atoms. The van der Waals surface area contributed by atoms with Gasteiger partial charge in [-0.05, 0) is 44.2 Å². The van der Waals surface area contributed by atoms with E-state index in [0.717, 1.165) is 0 Å². The van der Waals surface area contributed by atoms with Crippen LogP contribution in [0, 0.1) is 17.8 Å². The normalized spacial score (nSPS) is 33.4. The fraction of sp³-hybridized carbons (Fsp3) is 0.625. The second kappa shape index (κ2) is 8.56. The lowest BCUT2D eigenvalue weighted by Crippen LogP contribution is -2.56. The van der Waals surface area contributed by atoms with Gasteiger partial charge in [0.25, 0.3) is 0 Å². The van der Waals surface area contributed by atoms with E-state index in [2.05, 4.69) is 10.6 Å². The number of carbonyl (C=O) groups is 3. The van der Waals surface area contributed by atoms with Gasteiger partial charge in [-0.3, -0.25) is 14.4 Å². The third kappa shape index (κ3) is 3.63. The van der Waals surface area contributed by atoms with E-state index in [4.69, 9.17) is 16.3 Å². The molecule has 3 aliphatic heterocycles. The van der Waals surface area contributed by atoms with E-state index in [9.17, 15) is 19.5 Å². The number of anilines is 1. The number of carbonyl (C=O) groups excluding carboxylic acids is 3. The maximum absolute atomic E-state index is 13.9. The van der Waals surface area contributed by atoms with Crippen LogP contribution in [-0.2, 0) is 19.1 Å². The molecule has 8 nitrogen and oxygen atoms in total. The van der Waals surface area contributed by atoms with Gasteiger partial charge in [-0.15, -0.1) is 0 Å². The van der Waals surface area contributed by atoms with E-state index in [0.29, 0.717) is 30.0 Å². The molecular formula is C24H32ClN3O5. The number of para-hydroxylation sites is 1. The lowest BCUT2D eigenvalue weighted by Gasteiger charge is -2.37. The van der Waals surface area contributed by atoms with Crippen LogP contribution >= 0.6 is 11.6 Å². The maximum Gasteiger partial charge on any atom is 0.250 e. The number of hydrogen-bond donors (Lipinski definition) is 3. The molecule has 1 spiro atoms. The van der Waals surface area contributed by atoms with E-state index in [1.165, 1.54) is 4.90 Å². The highest BCUT2D eigenvalue weighted by Gasteiger charge is 2.78. The van der Waals surface area contributed by atoms with Gasteiger partial charge in [0, 0.05) is 7.05 Å². The number of nitrogens with one attached hydrogen (secondary N) is 2. The van der Waals surface area contributed by atoms with E-state index in [1.807, 2.05) is 20.8 Å². The van der Waals surface area contributed by atoms with Crippen LogP contribution < -0.4 is 10.6 Å². The summed E-state index contributed by atoms with van der Waals surface area (Å²) in [5, 5.41) is 16.1. The number of aliphatic hydroxyl groups is 1. The van der Waals surface area contributed by atoms with E-state index in [1.54, 1.807) is 31.3 Å². The van der Waals surface area contributed by atoms with Gasteiger partial charge < -0.3 is 25.4 Å². The summed E-state index contributed by atoms with van der Waals surface area (Å²) in [6.45, 7) is 5.55. The first-order chi connectivity index (χ1) is 15.6. The Kier molecular flexibility index (Phi) is 6.22. The minimum atomic E-state index is -1.14. The second-order valence-electron chi connectivity index (χ2n) is 10.0. The number of benzene rings is 1. The number of fused-ring (bicyclic) bond motifs is 1. The highest BCUT2D eigenvalue weighted by Crippen LogP contribution is 2.63. The lowest BCUT2D eigenvalue weighted by atomic mass is 9.66. The number of hydrogen-bond acceptors (Lipinski definition) is 5. The Hall–Kier alpha value is -2.16. The van der Waals surface area contributed by atoms with Crippen molar-refractivity contribution in [3.05, 3.63) is 29.3 Å². The van der Waals surface area contributed by atoms with E-state index in [-0.39, 0.29) is 24.3 Å². The summed E-state index contributed by atoms with van der Waals surface area (Å²) in [5.41, 5.74) is -1.54. The molecule has 4 rings (SSSR count). The van der Waals surface area contributed by atoms with Crippen LogP contribution in [0.2, 0.25) is 5.02 Å². The van der Waals surface area contributed by atoms with Crippen molar-refractivity contribution in [3.8, 4) is 0 Å². The molecule has 0 radical (unpaired) electrons. The maximum atomic E-state index is 13.9. The topological polar surface area (TPSA) is 108 Å². The molecule has 33 heavy (non-hydrogen) atoms. The Labute approximate surface area is 199 Å². The summed E-state index contributed by atoms with van der Waals surface area (Å²) in [4.78, 5) is 42.1. The molecule has 3 saturated heterocycles. The lowest BCUT2D eigenvalue weighted by molar-refractivity contribution is -0.148. The monoisotopic (exact) mass is 477 g/mol. The van der Waals surface area contributed by atoms with Crippen molar-refractivity contribution >= 4 is 35.0 Å². The quantitative estimate of drug-likeness (QED) is 0.558. The van der Waals surface area contributed by atoms with Crippen molar-refractivity contribution < 1.29 is 24.2 Å². The number of aliphatic hydroxyl groups excluding tert-OH is 1. The molecule has 3 amide bonds. The van der Waals surface area contributed by atoms with Crippen molar-refractivity contribution in [1.29, 1.82) is 0 Å². The SMILES string of the molecule is CNC(=O)[C@H]1[C@H]2C(=O)N([C@@H](CO)CC(C)C)C(C(=O)Nc3ccccc3Cl)C23CC[C@]1(C)O3. The number of ether oxygens (including phenoxy) is 1. The van der Waals surface area contributed by atoms with E-state index >= 15 is 0 Å². The Bertz CT molecular complexity index is 971. The molecule has 3 heterocycles. The predicted octanol–water partition coefficient (Wildman–Crippen LogP) is 2.20. The second-order valence-corrected chi connectivity index (χ2v) is 10.4. The van der Waals surface area contributed by atoms with Crippen molar-refractivity contribution in [2.75, 3.05) is 19.0 Å². The molecule has 3 N–H and O–H groups in total. The zero-order chi connectivity index (χ0) is 24.1. The minimum Gasteiger partial charge on any atom is -0.394 e. The first-order valence-corrected chi connectivity index (χ1v) is 11.9. The molecule has 9 heteroatoms. The molecule has 0 saturated carbocycles. The van der Waals surface area contributed by atoms with Gasteiger partial charge in [-0.1, -0.05) is 37.6 Å². The summed E-state index contributed by atoms with van der Waals surface area (Å²) in [6.07, 6.45) is 1.56. The van der Waals surface area contributed by atoms with Crippen LogP contribution in [0.5, 0.6) is 0 Å². The van der Waals surface area contributed by atoms with Crippen LogP contribution in [0.1, 0.15) is 40.0 Å². The number of rotatable bonds is 7. The summed E-state index contributed by atoms with van der Waals surface area (Å²) in [7, 11) is 1.54. The molecule has 0 aliphatic carbocycles. The van der Waals surface area contributed by atoms with Crippen LogP contribution in [0.15, 0.2) is 24.3 Å². The molecule has 1 aromatic rings. The van der Waals surface area contributed by atoms with Gasteiger partial charge in [0.05, 0.1) is 40.8 Å². The molecule has 0 aromatic heterocycles. The molecule has 1 aromatic carbocycles. The summed E-state index contributed by atoms with van der Waals surface area (Å²) < 4.78 is 6.51. The zero-order valence-corrected chi connectivity index (χ0v) is 20.2. The number of halogens is 1. The highest BCUT2D eigenvalue weighted by atomic mass is 35.5. The zero-order valence-electron chi connectivity index (χ0n) is 19.4. The Morgan fingerprint density at radius 1 is 1.27 bits per heavy atom. The first-order valence-electron chi connectivity index (χ1n) is 11.5. The fourth-order valence-corrected chi connectivity index (χ4v) is 6.38. The minimum absolute atomic E-state index is 0.185. The fourth-order valence-electron chi connectivity index (χ4n) is 6.20. The molecule has 3 fully saturated rings. The van der Waals surface area contributed by atoms with Gasteiger partial charge in [-0.25, -0.2) is 0 Å². The standard InChI is InChI=1S/C24H32ClN3O5/c1-13(2)11-14(12-29)28-19(21(31)27-16-8-6-5-7-15(16)25)24-10-9-23(3,33-24)17(20(30)26-4)18(24)22(28)32/h5-8,13-14,17-19,29H,9-12H2,1-4H3,(H,26,30)(H,27,31)/t14-,17-,18+,19?,23+,24?/m1/s1. The van der Waals surface area contributed by atoms with Crippen LogP contribution in [0.25, 0.3) is 0 Å². The predicted molar refractivity (Wildman–Crippen MR) is 124 cm³/mol. The van der Waals surface area contributed by atoms with Gasteiger partial charge in [0.1, 0.15) is 11.6 Å². The largest absolute Gasteiger partial charge is 0.394 e. The highest BCUT2D eigenvalue weighted by molar-refractivity contribution is 6.33. The Morgan fingerprint density at radius 3 is 2.58 bits per heavy atom. The van der Waals surface area contributed by atoms with E-state index < -0.39 is 41.0 Å². The summed E-state index contributed by atoms with van der Waals surface area (Å²) in [6, 6.07) is 5.33. The van der Waals surface area contributed by atoms with Gasteiger partial charge in [0.2, 0.25) is 17.7 Å². The molecule has 2 unspecified atom stereocenters. The average Bonchev–Trinajstić information content (AvgIpc) is 3.33. The third-order valence-electron chi connectivity index (χ3n) is 7.47. The third-order valence-corrected chi connectivity index (χ3v) is 7.80. The van der Waals surface area contributed by atoms with Crippen molar-refractivity contribution in [3.63, 3.8) is 0 Å². The Balaban J connectivity index is 1.80. The van der Waals surface area contributed by atoms with Gasteiger partial charge in [0.15, 0.2) is 0 Å². The Morgan fingerprint density at radius 2 is 1.97 bits per heavy atom.